The van der Waals surface area contributed by atoms with Gasteiger partial charge in [-0.1, -0.05) is 36.4 Å². The van der Waals surface area contributed by atoms with Gasteiger partial charge in [-0.15, -0.1) is 0 Å². The average Bonchev–Trinajstić information content (AvgIpc) is 2.83. The second kappa shape index (κ2) is 10.5. The van der Waals surface area contributed by atoms with Crippen LogP contribution in [-0.2, 0) is 24.2 Å². The summed E-state index contributed by atoms with van der Waals surface area (Å²) in [5, 5.41) is 9.25. The smallest absolute Gasteiger partial charge is 0.315 e. The number of ether oxygens (including phenoxy) is 1. The minimum atomic E-state index is -0.158. The van der Waals surface area contributed by atoms with Gasteiger partial charge in [-0.3, -0.25) is 4.79 Å². The molecule has 6 heteroatoms. The molecule has 170 valence electrons. The molecule has 0 saturated heterocycles. The molecule has 1 atom stereocenters. The summed E-state index contributed by atoms with van der Waals surface area (Å²) < 4.78 is 5.15. The zero-order valence-corrected chi connectivity index (χ0v) is 18.7. The number of benzene rings is 2. The lowest BCUT2D eigenvalue weighted by atomic mass is 9.84. The Morgan fingerprint density at radius 1 is 0.875 bits per heavy atom. The molecule has 32 heavy (non-hydrogen) atoms. The summed E-state index contributed by atoms with van der Waals surface area (Å²) in [5.41, 5.74) is 3.79. The molecular formula is C26H33N3O3. The molecule has 0 spiro atoms. The highest BCUT2D eigenvalue weighted by molar-refractivity contribution is 5.79. The van der Waals surface area contributed by atoms with E-state index in [1.165, 1.54) is 11.1 Å². The van der Waals surface area contributed by atoms with Gasteiger partial charge in [0.05, 0.1) is 7.11 Å². The summed E-state index contributed by atoms with van der Waals surface area (Å²) in [6.07, 6.45) is 6.27. The van der Waals surface area contributed by atoms with Crippen LogP contribution < -0.4 is 20.7 Å². The van der Waals surface area contributed by atoms with Crippen molar-refractivity contribution in [2.45, 2.75) is 63.6 Å². The van der Waals surface area contributed by atoms with Crippen LogP contribution in [0.15, 0.2) is 48.5 Å². The second-order valence-electron chi connectivity index (χ2n) is 8.94. The van der Waals surface area contributed by atoms with Crippen LogP contribution in [0.4, 0.5) is 4.79 Å². The zero-order chi connectivity index (χ0) is 22.3. The third-order valence-electron chi connectivity index (χ3n) is 6.74. The van der Waals surface area contributed by atoms with Crippen molar-refractivity contribution in [1.29, 1.82) is 0 Å². The molecule has 0 aliphatic heterocycles. The molecule has 0 heterocycles. The summed E-state index contributed by atoms with van der Waals surface area (Å²) in [5.74, 6) is 1.02. The van der Waals surface area contributed by atoms with Gasteiger partial charge in [0.2, 0.25) is 5.91 Å². The largest absolute Gasteiger partial charge is 0.497 e. The minimum Gasteiger partial charge on any atom is -0.497 e. The van der Waals surface area contributed by atoms with Crippen LogP contribution in [0.1, 0.15) is 48.8 Å². The number of fused-ring (bicyclic) bond motifs is 1. The Hall–Kier alpha value is -3.02. The van der Waals surface area contributed by atoms with Crippen LogP contribution >= 0.6 is 0 Å². The van der Waals surface area contributed by atoms with Crippen molar-refractivity contribution in [1.82, 2.24) is 16.0 Å². The van der Waals surface area contributed by atoms with E-state index in [0.29, 0.717) is 6.54 Å². The fourth-order valence-corrected chi connectivity index (χ4v) is 4.80. The van der Waals surface area contributed by atoms with E-state index in [-0.39, 0.29) is 29.9 Å². The summed E-state index contributed by atoms with van der Waals surface area (Å²) in [6, 6.07) is 16.4. The lowest BCUT2D eigenvalue weighted by Crippen LogP contribution is -2.46. The van der Waals surface area contributed by atoms with Crippen molar-refractivity contribution in [3.8, 4) is 5.75 Å². The monoisotopic (exact) mass is 435 g/mol. The number of rotatable bonds is 6. The molecule has 6 nitrogen and oxygen atoms in total. The van der Waals surface area contributed by atoms with Gasteiger partial charge >= 0.3 is 6.03 Å². The highest BCUT2D eigenvalue weighted by Crippen LogP contribution is 2.26. The number of urea groups is 1. The van der Waals surface area contributed by atoms with Crippen molar-refractivity contribution in [2.75, 3.05) is 7.11 Å². The SMILES string of the molecule is COc1ccc(CNC(=O)NC2CCC(C(=O)N[C@H]3CCc4ccccc4C3)CC2)cc1. The Morgan fingerprint density at radius 3 is 2.31 bits per heavy atom. The molecule has 2 aliphatic carbocycles. The van der Waals surface area contributed by atoms with Gasteiger partial charge in [0.15, 0.2) is 0 Å². The molecule has 2 aromatic carbocycles. The van der Waals surface area contributed by atoms with Crippen molar-refractivity contribution >= 4 is 11.9 Å². The maximum atomic E-state index is 12.8. The van der Waals surface area contributed by atoms with E-state index in [2.05, 4.69) is 40.2 Å². The summed E-state index contributed by atoms with van der Waals surface area (Å²) >= 11 is 0. The van der Waals surface area contributed by atoms with E-state index in [1.807, 2.05) is 24.3 Å². The summed E-state index contributed by atoms with van der Waals surface area (Å²) in [4.78, 5) is 25.1. The van der Waals surface area contributed by atoms with Crippen LogP contribution in [0.3, 0.4) is 0 Å². The van der Waals surface area contributed by atoms with Crippen LogP contribution in [0.25, 0.3) is 0 Å². The first-order chi connectivity index (χ1) is 15.6. The van der Waals surface area contributed by atoms with E-state index in [1.54, 1.807) is 7.11 Å². The molecule has 0 unspecified atom stereocenters. The Balaban J connectivity index is 1.16. The van der Waals surface area contributed by atoms with Gasteiger partial charge in [0.25, 0.3) is 0 Å². The van der Waals surface area contributed by atoms with E-state index in [9.17, 15) is 9.59 Å². The molecule has 3 N–H and O–H groups in total. The number of methoxy groups -OCH3 is 1. The number of amides is 3. The van der Waals surface area contributed by atoms with Gasteiger partial charge in [0, 0.05) is 24.5 Å². The first-order valence-electron chi connectivity index (χ1n) is 11.6. The van der Waals surface area contributed by atoms with Crippen molar-refractivity contribution < 1.29 is 14.3 Å². The van der Waals surface area contributed by atoms with Crippen molar-refractivity contribution in [3.05, 3.63) is 65.2 Å². The van der Waals surface area contributed by atoms with Crippen LogP contribution in [0.5, 0.6) is 5.75 Å². The lowest BCUT2D eigenvalue weighted by Gasteiger charge is -2.31. The summed E-state index contributed by atoms with van der Waals surface area (Å²) in [7, 11) is 1.63. The predicted molar refractivity (Wildman–Crippen MR) is 125 cm³/mol. The third-order valence-corrected chi connectivity index (χ3v) is 6.74. The molecule has 0 radical (unpaired) electrons. The Morgan fingerprint density at radius 2 is 1.59 bits per heavy atom. The fourth-order valence-electron chi connectivity index (χ4n) is 4.80. The minimum absolute atomic E-state index is 0.0487. The number of carbonyl (C=O) groups is 2. The maximum Gasteiger partial charge on any atom is 0.315 e. The molecule has 2 aromatic rings. The highest BCUT2D eigenvalue weighted by atomic mass is 16.5. The van der Waals surface area contributed by atoms with Gasteiger partial charge in [0.1, 0.15) is 5.75 Å². The van der Waals surface area contributed by atoms with E-state index in [4.69, 9.17) is 4.74 Å². The highest BCUT2D eigenvalue weighted by Gasteiger charge is 2.29. The van der Waals surface area contributed by atoms with Crippen molar-refractivity contribution in [3.63, 3.8) is 0 Å². The Labute approximate surface area is 190 Å². The Bertz CT molecular complexity index is 920. The number of nitrogens with one attached hydrogen (secondary N) is 3. The molecular weight excluding hydrogens is 402 g/mol. The first kappa shape index (κ1) is 22.2. The topological polar surface area (TPSA) is 79.5 Å². The summed E-state index contributed by atoms with van der Waals surface area (Å²) in [6.45, 7) is 0.470. The zero-order valence-electron chi connectivity index (χ0n) is 18.7. The molecule has 0 aromatic heterocycles. The van der Waals surface area contributed by atoms with Gasteiger partial charge in [-0.05, 0) is 73.8 Å². The number of carbonyl (C=O) groups excluding carboxylic acids is 2. The molecule has 4 rings (SSSR count). The number of aryl methyl sites for hydroxylation is 1. The second-order valence-corrected chi connectivity index (χ2v) is 8.94. The normalized spacial score (nSPS) is 22.3. The molecule has 0 bridgehead atoms. The lowest BCUT2D eigenvalue weighted by molar-refractivity contribution is -0.126. The predicted octanol–water partition coefficient (Wildman–Crippen LogP) is 3.73. The standard InChI is InChI=1S/C26H33N3O3/c1-32-24-14-6-18(7-15-24)17-27-26(31)29-22-11-9-20(10-12-22)25(30)28-23-13-8-19-4-2-3-5-21(19)16-23/h2-7,14-15,20,22-23H,8-13,16-17H2,1H3,(H,28,30)(H2,27,29,31)/t20?,22?,23-/m0/s1. The van der Waals surface area contributed by atoms with E-state index >= 15 is 0 Å². The quantitative estimate of drug-likeness (QED) is 0.647. The molecule has 3 amide bonds. The van der Waals surface area contributed by atoms with Crippen LogP contribution in [0.2, 0.25) is 0 Å². The third kappa shape index (κ3) is 5.81. The van der Waals surface area contributed by atoms with Crippen LogP contribution in [-0.4, -0.2) is 31.1 Å². The molecule has 1 saturated carbocycles. The fraction of sp³-hybridized carbons (Fsp3) is 0.462. The van der Waals surface area contributed by atoms with E-state index in [0.717, 1.165) is 56.3 Å². The van der Waals surface area contributed by atoms with E-state index < -0.39 is 0 Å². The number of hydrogen-bond donors (Lipinski definition) is 3. The molecule has 2 aliphatic rings. The number of hydrogen-bond acceptors (Lipinski definition) is 3. The Kier molecular flexibility index (Phi) is 7.30. The van der Waals surface area contributed by atoms with Gasteiger partial charge < -0.3 is 20.7 Å². The molecule has 1 fully saturated rings. The van der Waals surface area contributed by atoms with Crippen molar-refractivity contribution in [2.24, 2.45) is 5.92 Å². The maximum absolute atomic E-state index is 12.8. The van der Waals surface area contributed by atoms with Crippen LogP contribution in [0, 0.1) is 5.92 Å². The first-order valence-corrected chi connectivity index (χ1v) is 11.6. The van der Waals surface area contributed by atoms with Gasteiger partial charge in [-0.2, -0.15) is 0 Å². The van der Waals surface area contributed by atoms with Gasteiger partial charge in [-0.25, -0.2) is 4.79 Å². The average molecular weight is 436 g/mol.